The van der Waals surface area contributed by atoms with E-state index in [1.54, 1.807) is 56.7 Å². The lowest BCUT2D eigenvalue weighted by atomic mass is 10.2. The van der Waals surface area contributed by atoms with E-state index in [0.717, 1.165) is 0 Å². The molecule has 3 aromatic rings. The Kier molecular flexibility index (Phi) is 5.33. The number of anilines is 1. The molecule has 0 saturated heterocycles. The average Bonchev–Trinajstić information content (AvgIpc) is 3.09. The number of hydrogen-bond acceptors (Lipinski definition) is 6. The van der Waals surface area contributed by atoms with Crippen molar-refractivity contribution in [3.8, 4) is 22.9 Å². The van der Waals surface area contributed by atoms with E-state index in [1.807, 2.05) is 0 Å². The minimum Gasteiger partial charge on any atom is -0.493 e. The molecule has 1 amide bonds. The van der Waals surface area contributed by atoms with Crippen LogP contribution < -0.4 is 14.8 Å². The smallest absolute Gasteiger partial charge is 0.248 e. The van der Waals surface area contributed by atoms with Gasteiger partial charge in [-0.1, -0.05) is 17.7 Å². The molecule has 2 aromatic carbocycles. The first kappa shape index (κ1) is 17.7. The van der Waals surface area contributed by atoms with Gasteiger partial charge >= 0.3 is 0 Å². The summed E-state index contributed by atoms with van der Waals surface area (Å²) in [6.45, 7) is -0.0766. The molecular formula is C17H16ClN5O3. The highest BCUT2D eigenvalue weighted by Gasteiger charge is 2.12. The van der Waals surface area contributed by atoms with Gasteiger partial charge in [-0.3, -0.25) is 4.79 Å². The van der Waals surface area contributed by atoms with Crippen LogP contribution in [0.25, 0.3) is 11.4 Å². The van der Waals surface area contributed by atoms with Gasteiger partial charge < -0.3 is 14.8 Å². The van der Waals surface area contributed by atoms with Gasteiger partial charge in [-0.25, -0.2) is 0 Å². The van der Waals surface area contributed by atoms with Crippen LogP contribution in [0.3, 0.4) is 0 Å². The fraction of sp³-hybridized carbons (Fsp3) is 0.176. The number of nitrogens with zero attached hydrogens (tertiary/aromatic N) is 4. The first-order valence-electron chi connectivity index (χ1n) is 7.64. The second-order valence-corrected chi connectivity index (χ2v) is 5.71. The van der Waals surface area contributed by atoms with Crippen LogP contribution in [0.4, 0.5) is 5.69 Å². The zero-order valence-corrected chi connectivity index (χ0v) is 14.9. The first-order valence-corrected chi connectivity index (χ1v) is 8.02. The van der Waals surface area contributed by atoms with E-state index in [1.165, 1.54) is 4.80 Å². The molecule has 0 aliphatic rings. The van der Waals surface area contributed by atoms with E-state index in [-0.39, 0.29) is 12.5 Å². The van der Waals surface area contributed by atoms with Crippen molar-refractivity contribution in [3.05, 3.63) is 47.5 Å². The molecular weight excluding hydrogens is 358 g/mol. The van der Waals surface area contributed by atoms with Crippen LogP contribution in [0.1, 0.15) is 0 Å². The predicted molar refractivity (Wildman–Crippen MR) is 96.4 cm³/mol. The van der Waals surface area contributed by atoms with Crippen molar-refractivity contribution in [2.24, 2.45) is 0 Å². The molecule has 0 atom stereocenters. The van der Waals surface area contributed by atoms with Crippen molar-refractivity contribution >= 4 is 23.2 Å². The maximum absolute atomic E-state index is 12.1. The minimum atomic E-state index is -0.288. The molecule has 134 valence electrons. The summed E-state index contributed by atoms with van der Waals surface area (Å²) in [5.41, 5.74) is 1.30. The molecule has 1 N–H and O–H groups in total. The van der Waals surface area contributed by atoms with E-state index in [4.69, 9.17) is 21.1 Å². The van der Waals surface area contributed by atoms with Gasteiger partial charge in [0.15, 0.2) is 11.5 Å². The third-order valence-electron chi connectivity index (χ3n) is 3.49. The maximum atomic E-state index is 12.1. The number of amides is 1. The molecule has 0 aliphatic heterocycles. The summed E-state index contributed by atoms with van der Waals surface area (Å²) >= 11 is 5.90. The zero-order valence-electron chi connectivity index (χ0n) is 14.1. The molecule has 0 spiro atoms. The van der Waals surface area contributed by atoms with E-state index in [9.17, 15) is 4.79 Å². The van der Waals surface area contributed by atoms with E-state index in [0.29, 0.717) is 33.6 Å². The summed E-state index contributed by atoms with van der Waals surface area (Å²) in [5.74, 6) is 1.25. The van der Waals surface area contributed by atoms with Crippen LogP contribution >= 0.6 is 11.6 Å². The van der Waals surface area contributed by atoms with Gasteiger partial charge in [0.1, 0.15) is 6.54 Å². The van der Waals surface area contributed by atoms with Crippen molar-refractivity contribution in [1.82, 2.24) is 20.2 Å². The molecule has 0 aliphatic carbocycles. The van der Waals surface area contributed by atoms with E-state index >= 15 is 0 Å². The SMILES string of the molecule is COc1ccc(-c2nnn(CC(=O)Nc3cccc(Cl)c3)n2)cc1OC. The fourth-order valence-corrected chi connectivity index (χ4v) is 2.49. The number of nitrogens with one attached hydrogen (secondary N) is 1. The Morgan fingerprint density at radius 1 is 1.15 bits per heavy atom. The summed E-state index contributed by atoms with van der Waals surface area (Å²) < 4.78 is 10.5. The monoisotopic (exact) mass is 373 g/mol. The zero-order chi connectivity index (χ0) is 18.5. The number of carbonyl (C=O) groups is 1. The fourth-order valence-electron chi connectivity index (χ4n) is 2.30. The number of rotatable bonds is 6. The van der Waals surface area contributed by atoms with Crippen LogP contribution in [0, 0.1) is 0 Å². The lowest BCUT2D eigenvalue weighted by Crippen LogP contribution is -2.20. The Bertz CT molecular complexity index is 928. The van der Waals surface area contributed by atoms with Crippen molar-refractivity contribution in [2.75, 3.05) is 19.5 Å². The topological polar surface area (TPSA) is 91.2 Å². The van der Waals surface area contributed by atoms with Crippen LogP contribution in [-0.2, 0) is 11.3 Å². The third-order valence-corrected chi connectivity index (χ3v) is 3.72. The normalized spacial score (nSPS) is 10.4. The number of carbonyl (C=O) groups excluding carboxylic acids is 1. The quantitative estimate of drug-likeness (QED) is 0.714. The highest BCUT2D eigenvalue weighted by atomic mass is 35.5. The number of benzene rings is 2. The van der Waals surface area contributed by atoms with E-state index < -0.39 is 0 Å². The maximum Gasteiger partial charge on any atom is 0.248 e. The molecule has 9 heteroatoms. The predicted octanol–water partition coefficient (Wildman–Crippen LogP) is 2.65. The standard InChI is InChI=1S/C17H16ClN5O3/c1-25-14-7-6-11(8-15(14)26-2)17-20-22-23(21-17)10-16(24)19-13-5-3-4-12(18)9-13/h3-9H,10H2,1-2H3,(H,19,24). The molecule has 26 heavy (non-hydrogen) atoms. The highest BCUT2D eigenvalue weighted by Crippen LogP contribution is 2.30. The number of methoxy groups -OCH3 is 2. The Balaban J connectivity index is 1.70. The van der Waals surface area contributed by atoms with Gasteiger partial charge in [-0.15, -0.1) is 10.2 Å². The molecule has 1 aromatic heterocycles. The summed E-state index contributed by atoms with van der Waals surface area (Å²) in [7, 11) is 3.11. The molecule has 0 fully saturated rings. The Morgan fingerprint density at radius 2 is 1.96 bits per heavy atom. The van der Waals surface area contributed by atoms with Gasteiger partial charge in [0, 0.05) is 16.3 Å². The summed E-state index contributed by atoms with van der Waals surface area (Å²) in [6, 6.07) is 12.2. The summed E-state index contributed by atoms with van der Waals surface area (Å²) in [6.07, 6.45) is 0. The second kappa shape index (κ2) is 7.83. The van der Waals surface area contributed by atoms with Gasteiger partial charge in [0.05, 0.1) is 14.2 Å². The number of halogens is 1. The van der Waals surface area contributed by atoms with Gasteiger partial charge in [-0.2, -0.15) is 4.80 Å². The number of aromatic nitrogens is 4. The lowest BCUT2D eigenvalue weighted by molar-refractivity contribution is -0.117. The first-order chi connectivity index (χ1) is 12.6. The average molecular weight is 374 g/mol. The largest absolute Gasteiger partial charge is 0.493 e. The molecule has 3 rings (SSSR count). The van der Waals surface area contributed by atoms with Crippen molar-refractivity contribution in [1.29, 1.82) is 0 Å². The number of tetrazole rings is 1. The second-order valence-electron chi connectivity index (χ2n) is 5.27. The molecule has 0 unspecified atom stereocenters. The number of ether oxygens (including phenoxy) is 2. The third kappa shape index (κ3) is 4.09. The van der Waals surface area contributed by atoms with Gasteiger partial charge in [0.2, 0.25) is 11.7 Å². The number of hydrogen-bond donors (Lipinski definition) is 1. The minimum absolute atomic E-state index is 0.0766. The highest BCUT2D eigenvalue weighted by molar-refractivity contribution is 6.30. The van der Waals surface area contributed by atoms with Crippen LogP contribution in [0.2, 0.25) is 5.02 Å². The van der Waals surface area contributed by atoms with Crippen LogP contribution in [0.15, 0.2) is 42.5 Å². The van der Waals surface area contributed by atoms with Crippen molar-refractivity contribution < 1.29 is 14.3 Å². The Hall–Kier alpha value is -3.13. The lowest BCUT2D eigenvalue weighted by Gasteiger charge is -2.07. The Labute approximate surface area is 154 Å². The molecule has 0 bridgehead atoms. The van der Waals surface area contributed by atoms with Gasteiger partial charge in [-0.05, 0) is 41.6 Å². The van der Waals surface area contributed by atoms with Gasteiger partial charge in [0.25, 0.3) is 0 Å². The molecule has 8 nitrogen and oxygen atoms in total. The van der Waals surface area contributed by atoms with Crippen LogP contribution in [0.5, 0.6) is 11.5 Å². The Morgan fingerprint density at radius 3 is 2.69 bits per heavy atom. The summed E-state index contributed by atoms with van der Waals surface area (Å²) in [4.78, 5) is 13.3. The van der Waals surface area contributed by atoms with Crippen molar-refractivity contribution in [2.45, 2.75) is 6.54 Å². The van der Waals surface area contributed by atoms with Crippen molar-refractivity contribution in [3.63, 3.8) is 0 Å². The molecule has 0 saturated carbocycles. The van der Waals surface area contributed by atoms with Crippen LogP contribution in [-0.4, -0.2) is 40.3 Å². The molecule has 0 radical (unpaired) electrons. The summed E-state index contributed by atoms with van der Waals surface area (Å²) in [5, 5.41) is 15.4. The molecule has 1 heterocycles. The van der Waals surface area contributed by atoms with E-state index in [2.05, 4.69) is 20.7 Å².